The Bertz CT molecular complexity index is 1340. The minimum absolute atomic E-state index is 0.0886. The first kappa shape index (κ1) is 22.8. The second-order valence-corrected chi connectivity index (χ2v) is 10.1. The second kappa shape index (κ2) is 9.70. The van der Waals surface area contributed by atoms with Crippen molar-refractivity contribution in [1.82, 2.24) is 19.1 Å². The molecular weight excluding hydrogens is 448 g/mol. The highest BCUT2D eigenvalue weighted by atomic mass is 32.1. The molecule has 2 fully saturated rings. The summed E-state index contributed by atoms with van der Waals surface area (Å²) in [6, 6.07) is 7.44. The molecule has 0 radical (unpaired) electrons. The van der Waals surface area contributed by atoms with E-state index in [-0.39, 0.29) is 5.56 Å². The maximum Gasteiger partial charge on any atom is 0.328 e. The van der Waals surface area contributed by atoms with Crippen LogP contribution in [0.25, 0.3) is 28.6 Å². The lowest BCUT2D eigenvalue weighted by Crippen LogP contribution is -2.29. The maximum atomic E-state index is 13.5. The first-order valence-corrected chi connectivity index (χ1v) is 12.6. The van der Waals surface area contributed by atoms with E-state index in [1.54, 1.807) is 10.6 Å². The molecule has 34 heavy (non-hydrogen) atoms. The fraction of sp³-hybridized carbons (Fsp3) is 0.462. The third-order valence-electron chi connectivity index (χ3n) is 7.29. The molecule has 0 unspecified atom stereocenters. The van der Waals surface area contributed by atoms with E-state index in [1.807, 2.05) is 24.3 Å². The van der Waals surface area contributed by atoms with Crippen LogP contribution in [0.1, 0.15) is 56.9 Å². The molecule has 3 aromatic rings. The fourth-order valence-electron chi connectivity index (χ4n) is 5.45. The Morgan fingerprint density at radius 1 is 1.03 bits per heavy atom. The summed E-state index contributed by atoms with van der Waals surface area (Å²) in [5.74, 6) is 0.703. The van der Waals surface area contributed by atoms with Crippen LogP contribution in [0.2, 0.25) is 0 Å². The summed E-state index contributed by atoms with van der Waals surface area (Å²) < 4.78 is 4.47. The Hall–Kier alpha value is -3.00. The zero-order valence-electron chi connectivity index (χ0n) is 19.2. The lowest BCUT2D eigenvalue weighted by Gasteiger charge is -2.18. The van der Waals surface area contributed by atoms with Crippen molar-refractivity contribution in [2.75, 3.05) is 0 Å². The first-order chi connectivity index (χ1) is 16.5. The molecular formula is C26H30N4O3S. The topological polar surface area (TPSA) is 92.9 Å². The van der Waals surface area contributed by atoms with Crippen LogP contribution in [0, 0.1) is 16.6 Å². The Labute approximate surface area is 203 Å². The summed E-state index contributed by atoms with van der Waals surface area (Å²) in [5, 5.41) is 8.83. The standard InChI is InChI=1S/C26H30N4O3S/c31-21(32)14-11-17-9-12-20(13-10-17)23-27-22-24(28-23)29(15-18-5-1-2-6-18)26(34)30(25(22)33)16-19-7-3-4-8-19/h9-14,18-19H,1-8,15-16H2,(H,27,28)(H,31,32)/b14-11+. The predicted octanol–water partition coefficient (Wildman–Crippen LogP) is 5.40. The molecule has 2 saturated carbocycles. The summed E-state index contributed by atoms with van der Waals surface area (Å²) >= 11 is 5.89. The highest BCUT2D eigenvalue weighted by Gasteiger charge is 2.23. The van der Waals surface area contributed by atoms with Crippen molar-refractivity contribution in [2.24, 2.45) is 11.8 Å². The number of H-pyrrole nitrogens is 1. The number of rotatable bonds is 7. The van der Waals surface area contributed by atoms with Crippen molar-refractivity contribution >= 4 is 35.4 Å². The number of aromatic nitrogens is 4. The van der Waals surface area contributed by atoms with Gasteiger partial charge in [0, 0.05) is 24.7 Å². The number of aromatic amines is 1. The van der Waals surface area contributed by atoms with E-state index in [0.717, 1.165) is 36.6 Å². The predicted molar refractivity (Wildman–Crippen MR) is 135 cm³/mol. The van der Waals surface area contributed by atoms with Crippen LogP contribution < -0.4 is 5.56 Å². The van der Waals surface area contributed by atoms with E-state index in [1.165, 1.54) is 38.5 Å². The van der Waals surface area contributed by atoms with E-state index in [4.69, 9.17) is 22.3 Å². The van der Waals surface area contributed by atoms with E-state index < -0.39 is 5.97 Å². The number of fused-ring (bicyclic) bond motifs is 1. The third kappa shape index (κ3) is 4.64. The van der Waals surface area contributed by atoms with Gasteiger partial charge in [0.1, 0.15) is 11.3 Å². The lowest BCUT2D eigenvalue weighted by molar-refractivity contribution is -0.131. The first-order valence-electron chi connectivity index (χ1n) is 12.2. The minimum atomic E-state index is -0.984. The maximum absolute atomic E-state index is 13.5. The van der Waals surface area contributed by atoms with Gasteiger partial charge in [0.15, 0.2) is 10.4 Å². The van der Waals surface area contributed by atoms with E-state index in [9.17, 15) is 9.59 Å². The molecule has 2 aliphatic rings. The molecule has 0 aliphatic heterocycles. The number of hydrogen-bond donors (Lipinski definition) is 2. The molecule has 5 rings (SSSR count). The van der Waals surface area contributed by atoms with Gasteiger partial charge in [0.2, 0.25) is 0 Å². The number of carbonyl (C=O) groups is 1. The third-order valence-corrected chi connectivity index (χ3v) is 7.74. The molecule has 2 aromatic heterocycles. The monoisotopic (exact) mass is 478 g/mol. The van der Waals surface area contributed by atoms with Crippen molar-refractivity contribution < 1.29 is 9.90 Å². The van der Waals surface area contributed by atoms with E-state index >= 15 is 0 Å². The normalized spacial score (nSPS) is 17.4. The zero-order chi connectivity index (χ0) is 23.7. The number of carboxylic acid groups (broad SMARTS) is 1. The van der Waals surface area contributed by atoms with Crippen molar-refractivity contribution in [2.45, 2.75) is 64.5 Å². The Kier molecular flexibility index (Phi) is 6.50. The van der Waals surface area contributed by atoms with Crippen LogP contribution in [0.3, 0.4) is 0 Å². The molecule has 0 atom stereocenters. The lowest BCUT2D eigenvalue weighted by atomic mass is 10.1. The quantitative estimate of drug-likeness (QED) is 0.350. The number of benzene rings is 1. The number of aliphatic carboxylic acids is 1. The van der Waals surface area contributed by atoms with Crippen molar-refractivity contribution in [3.8, 4) is 11.4 Å². The van der Waals surface area contributed by atoms with Gasteiger partial charge in [-0.05, 0) is 61.4 Å². The van der Waals surface area contributed by atoms with Crippen molar-refractivity contribution in [3.05, 3.63) is 51.0 Å². The highest BCUT2D eigenvalue weighted by Crippen LogP contribution is 2.29. The fourth-order valence-corrected chi connectivity index (χ4v) is 5.77. The SMILES string of the molecule is O=C(O)/C=C/c1ccc(-c2nc3c([nH]2)c(=O)n(CC2CCCC2)c(=S)n3CC2CCCC2)cc1. The van der Waals surface area contributed by atoms with Crippen molar-refractivity contribution in [3.63, 3.8) is 0 Å². The summed E-state index contributed by atoms with van der Waals surface area (Å²) in [4.78, 5) is 32.4. The molecule has 0 saturated heterocycles. The molecule has 7 nitrogen and oxygen atoms in total. The smallest absolute Gasteiger partial charge is 0.328 e. The minimum Gasteiger partial charge on any atom is -0.478 e. The summed E-state index contributed by atoms with van der Waals surface area (Å²) in [6.07, 6.45) is 12.3. The number of hydrogen-bond acceptors (Lipinski definition) is 4. The molecule has 2 aliphatic carbocycles. The molecule has 2 heterocycles. The van der Waals surface area contributed by atoms with Gasteiger partial charge in [-0.25, -0.2) is 9.78 Å². The van der Waals surface area contributed by atoms with Gasteiger partial charge in [-0.15, -0.1) is 0 Å². The molecule has 0 bridgehead atoms. The second-order valence-electron chi connectivity index (χ2n) is 9.69. The van der Waals surface area contributed by atoms with Crippen LogP contribution in [0.15, 0.2) is 35.1 Å². The Balaban J connectivity index is 1.57. The molecule has 0 spiro atoms. The number of carboxylic acids is 1. The Morgan fingerprint density at radius 2 is 1.62 bits per heavy atom. The van der Waals surface area contributed by atoms with Crippen LogP contribution in [0.5, 0.6) is 0 Å². The summed E-state index contributed by atoms with van der Waals surface area (Å²) in [7, 11) is 0. The van der Waals surface area contributed by atoms with Gasteiger partial charge in [0.05, 0.1) is 0 Å². The van der Waals surface area contributed by atoms with Crippen LogP contribution in [-0.2, 0) is 17.9 Å². The van der Waals surface area contributed by atoms with Crippen LogP contribution >= 0.6 is 12.2 Å². The summed E-state index contributed by atoms with van der Waals surface area (Å²) in [5.41, 5.74) is 2.67. The van der Waals surface area contributed by atoms with E-state index in [0.29, 0.717) is 40.1 Å². The van der Waals surface area contributed by atoms with Gasteiger partial charge in [0.25, 0.3) is 5.56 Å². The average molecular weight is 479 g/mol. The van der Waals surface area contributed by atoms with Crippen LogP contribution in [0.4, 0.5) is 0 Å². The van der Waals surface area contributed by atoms with E-state index in [2.05, 4.69) is 9.55 Å². The average Bonchev–Trinajstić information content (AvgIpc) is 3.60. The zero-order valence-corrected chi connectivity index (χ0v) is 20.0. The van der Waals surface area contributed by atoms with Crippen molar-refractivity contribution in [1.29, 1.82) is 0 Å². The van der Waals surface area contributed by atoms with Gasteiger partial charge in [-0.1, -0.05) is 49.9 Å². The van der Waals surface area contributed by atoms with Gasteiger partial charge in [-0.3, -0.25) is 9.36 Å². The summed E-state index contributed by atoms with van der Waals surface area (Å²) in [6.45, 7) is 1.47. The van der Waals surface area contributed by atoms with Gasteiger partial charge < -0.3 is 14.7 Å². The van der Waals surface area contributed by atoms with Crippen LogP contribution in [-0.4, -0.2) is 30.2 Å². The number of nitrogens with one attached hydrogen (secondary N) is 1. The molecule has 8 heteroatoms. The molecule has 1 aromatic carbocycles. The molecule has 0 amide bonds. The largest absolute Gasteiger partial charge is 0.478 e. The highest BCUT2D eigenvalue weighted by molar-refractivity contribution is 7.71. The Morgan fingerprint density at radius 3 is 2.21 bits per heavy atom. The molecule has 178 valence electrons. The van der Waals surface area contributed by atoms with Gasteiger partial charge >= 0.3 is 5.97 Å². The molecule has 2 N–H and O–H groups in total. The van der Waals surface area contributed by atoms with Gasteiger partial charge in [-0.2, -0.15) is 0 Å². The number of nitrogens with zero attached hydrogens (tertiary/aromatic N) is 3. The number of imidazole rings is 1.